The molecule has 9 heteroatoms. The van der Waals surface area contributed by atoms with Crippen molar-refractivity contribution >= 4 is 23.0 Å². The van der Waals surface area contributed by atoms with Crippen LogP contribution in [-0.4, -0.2) is 40.1 Å². The molecule has 0 radical (unpaired) electrons. The average molecular weight is 391 g/mol. The van der Waals surface area contributed by atoms with Crippen molar-refractivity contribution in [3.8, 4) is 22.7 Å². The fourth-order valence-electron chi connectivity index (χ4n) is 2.53. The van der Waals surface area contributed by atoms with E-state index in [-0.39, 0.29) is 44.9 Å². The molecule has 0 fully saturated rings. The molecule has 0 unspecified atom stereocenters. The maximum absolute atomic E-state index is 14.5. The van der Waals surface area contributed by atoms with Crippen LogP contribution in [0.3, 0.4) is 0 Å². The lowest BCUT2D eigenvalue weighted by atomic mass is 10.0. The number of halogens is 2. The molecule has 0 amide bonds. The van der Waals surface area contributed by atoms with Crippen LogP contribution in [0.15, 0.2) is 33.3 Å². The first-order valence-electron chi connectivity index (χ1n) is 7.93. The number of aryl methyl sites for hydroxylation is 1. The predicted octanol–water partition coefficient (Wildman–Crippen LogP) is 3.98. The molecule has 140 valence electrons. The molecule has 0 bridgehead atoms. The van der Waals surface area contributed by atoms with E-state index in [9.17, 15) is 9.18 Å². The summed E-state index contributed by atoms with van der Waals surface area (Å²) < 4.78 is 25.4. The molecule has 3 aromatic rings. The van der Waals surface area contributed by atoms with Gasteiger partial charge in [0.25, 0.3) is 5.89 Å². The summed E-state index contributed by atoms with van der Waals surface area (Å²) >= 11 is 6.19. The first-order chi connectivity index (χ1) is 12.8. The highest BCUT2D eigenvalue weighted by molar-refractivity contribution is 6.33. The van der Waals surface area contributed by atoms with E-state index in [1.165, 1.54) is 25.1 Å². The Hall–Kier alpha value is -3.00. The zero-order valence-corrected chi connectivity index (χ0v) is 15.8. The quantitative estimate of drug-likeness (QED) is 0.609. The van der Waals surface area contributed by atoms with Gasteiger partial charge in [0, 0.05) is 27.2 Å². The van der Waals surface area contributed by atoms with Crippen LogP contribution in [0.2, 0.25) is 5.02 Å². The van der Waals surface area contributed by atoms with Gasteiger partial charge in [-0.3, -0.25) is 4.79 Å². The molecule has 0 N–H and O–H groups in total. The summed E-state index contributed by atoms with van der Waals surface area (Å²) in [6.45, 7) is 3.00. The average Bonchev–Trinajstić information content (AvgIpc) is 3.18. The van der Waals surface area contributed by atoms with Crippen LogP contribution < -0.4 is 0 Å². The molecule has 0 atom stereocenters. The molecule has 2 heterocycles. The lowest BCUT2D eigenvalue weighted by Crippen LogP contribution is -2.07. The first kappa shape index (κ1) is 18.8. The normalized spacial score (nSPS) is 11.7. The van der Waals surface area contributed by atoms with Gasteiger partial charge in [-0.2, -0.15) is 0 Å². The van der Waals surface area contributed by atoms with Crippen molar-refractivity contribution in [3.05, 3.63) is 46.9 Å². The van der Waals surface area contributed by atoms with Gasteiger partial charge in [-0.15, -0.1) is 10.2 Å². The third-order valence-corrected chi connectivity index (χ3v) is 3.96. The molecular formula is C18H16ClFN4O3. The monoisotopic (exact) mass is 390 g/mol. The molecule has 27 heavy (non-hydrogen) atoms. The largest absolute Gasteiger partial charge is 0.421 e. The van der Waals surface area contributed by atoms with Crippen LogP contribution in [0, 0.1) is 12.7 Å². The molecule has 0 saturated carbocycles. The third kappa shape index (κ3) is 3.61. The summed E-state index contributed by atoms with van der Waals surface area (Å²) in [5.74, 6) is -0.439. The Labute approximate surface area is 159 Å². The van der Waals surface area contributed by atoms with Crippen molar-refractivity contribution in [2.45, 2.75) is 13.8 Å². The van der Waals surface area contributed by atoms with E-state index in [2.05, 4.69) is 15.4 Å². The lowest BCUT2D eigenvalue weighted by Gasteiger charge is -2.08. The maximum Gasteiger partial charge on any atom is 0.253 e. The number of rotatable bonds is 5. The van der Waals surface area contributed by atoms with Gasteiger partial charge < -0.3 is 13.8 Å². The van der Waals surface area contributed by atoms with E-state index >= 15 is 0 Å². The Morgan fingerprint density at radius 2 is 2.00 bits per heavy atom. The van der Waals surface area contributed by atoms with E-state index in [0.717, 1.165) is 0 Å². The number of carbonyl (C=O) groups excluding carboxylic acids is 1. The van der Waals surface area contributed by atoms with E-state index < -0.39 is 5.82 Å². The van der Waals surface area contributed by atoms with Crippen LogP contribution in [0.1, 0.15) is 18.6 Å². The third-order valence-electron chi connectivity index (χ3n) is 3.64. The Bertz CT molecular complexity index is 1020. The summed E-state index contributed by atoms with van der Waals surface area (Å²) in [5, 5.41) is 11.9. The van der Waals surface area contributed by atoms with Crippen molar-refractivity contribution < 1.29 is 18.1 Å². The predicted molar refractivity (Wildman–Crippen MR) is 97.3 cm³/mol. The summed E-state index contributed by atoms with van der Waals surface area (Å²) in [6.07, 6.45) is 1.57. The fraction of sp³-hybridized carbons (Fsp3) is 0.222. The van der Waals surface area contributed by atoms with Crippen molar-refractivity contribution in [2.75, 3.05) is 14.1 Å². The number of ketones is 1. The second-order valence-corrected chi connectivity index (χ2v) is 6.43. The molecular weight excluding hydrogens is 375 g/mol. The number of hydrogen-bond acceptors (Lipinski definition) is 7. The molecule has 0 spiro atoms. The molecule has 0 aliphatic rings. The minimum Gasteiger partial charge on any atom is -0.421 e. The van der Waals surface area contributed by atoms with Gasteiger partial charge in [0.05, 0.1) is 16.2 Å². The Morgan fingerprint density at radius 3 is 2.56 bits per heavy atom. The molecule has 0 aliphatic heterocycles. The number of carbonyl (C=O) groups is 1. The number of hydrogen-bond donors (Lipinski definition) is 0. The van der Waals surface area contributed by atoms with Gasteiger partial charge in [-0.05, 0) is 19.1 Å². The Kier molecular flexibility index (Phi) is 5.09. The zero-order valence-electron chi connectivity index (χ0n) is 15.1. The summed E-state index contributed by atoms with van der Waals surface area (Å²) in [6, 6.07) is 4.25. The van der Waals surface area contributed by atoms with Crippen LogP contribution in [0.4, 0.5) is 4.39 Å². The van der Waals surface area contributed by atoms with Crippen molar-refractivity contribution in [1.29, 1.82) is 0 Å². The molecule has 7 nitrogen and oxygen atoms in total. The lowest BCUT2D eigenvalue weighted by molar-refractivity contribution is -0.111. The maximum atomic E-state index is 14.5. The van der Waals surface area contributed by atoms with Crippen LogP contribution in [0.5, 0.6) is 0 Å². The van der Waals surface area contributed by atoms with Gasteiger partial charge in [-0.1, -0.05) is 22.8 Å². The number of allylic oxidation sites excluding steroid dienone is 1. The SMILES string of the molecule is CC(=O)/C(=C\N(C)C)c1onc(-c2c(F)cccc2Cl)c1-c1nnc(C)o1. The van der Waals surface area contributed by atoms with Gasteiger partial charge in [0.15, 0.2) is 11.5 Å². The number of Topliss-reactive ketones (excluding diaryl/α,β-unsaturated/α-hetero) is 1. The number of benzene rings is 1. The van der Waals surface area contributed by atoms with Gasteiger partial charge in [0.1, 0.15) is 17.1 Å². The van der Waals surface area contributed by atoms with E-state index in [0.29, 0.717) is 5.89 Å². The summed E-state index contributed by atoms with van der Waals surface area (Å²) in [5.41, 5.74) is 0.512. The summed E-state index contributed by atoms with van der Waals surface area (Å²) in [4.78, 5) is 13.9. The standard InChI is InChI=1S/C18H16ClFN4O3/c1-9(25)11(8-24(3)4)17-15(18-22-21-10(2)26-18)16(23-27-17)14-12(19)6-5-7-13(14)20/h5-8H,1-4H3/b11-8+. The van der Waals surface area contributed by atoms with Crippen molar-refractivity contribution in [2.24, 2.45) is 0 Å². The van der Waals surface area contributed by atoms with Gasteiger partial charge in [0.2, 0.25) is 5.89 Å². The highest BCUT2D eigenvalue weighted by Crippen LogP contribution is 2.41. The molecule has 3 rings (SSSR count). The first-order valence-corrected chi connectivity index (χ1v) is 8.31. The highest BCUT2D eigenvalue weighted by atomic mass is 35.5. The van der Waals surface area contributed by atoms with Gasteiger partial charge >= 0.3 is 0 Å². The van der Waals surface area contributed by atoms with Crippen LogP contribution in [-0.2, 0) is 4.79 Å². The topological polar surface area (TPSA) is 85.3 Å². The summed E-state index contributed by atoms with van der Waals surface area (Å²) in [7, 11) is 3.51. The van der Waals surface area contributed by atoms with E-state index in [1.54, 1.807) is 32.1 Å². The Balaban J connectivity index is 2.35. The number of aromatic nitrogens is 3. The highest BCUT2D eigenvalue weighted by Gasteiger charge is 2.30. The van der Waals surface area contributed by atoms with Gasteiger partial charge in [-0.25, -0.2) is 4.39 Å². The number of nitrogens with zero attached hydrogens (tertiary/aromatic N) is 4. The molecule has 0 aliphatic carbocycles. The second kappa shape index (κ2) is 7.32. The molecule has 2 aromatic heterocycles. The minimum atomic E-state index is -0.596. The van der Waals surface area contributed by atoms with Crippen LogP contribution >= 0.6 is 11.6 Å². The van der Waals surface area contributed by atoms with Crippen LogP contribution in [0.25, 0.3) is 28.3 Å². The van der Waals surface area contributed by atoms with Crippen molar-refractivity contribution in [1.82, 2.24) is 20.3 Å². The fourth-order valence-corrected chi connectivity index (χ4v) is 2.78. The zero-order chi connectivity index (χ0) is 19.7. The van der Waals surface area contributed by atoms with E-state index in [1.807, 2.05) is 0 Å². The Morgan fingerprint density at radius 1 is 1.26 bits per heavy atom. The smallest absolute Gasteiger partial charge is 0.253 e. The second-order valence-electron chi connectivity index (χ2n) is 6.02. The molecule has 1 aromatic carbocycles. The van der Waals surface area contributed by atoms with E-state index in [4.69, 9.17) is 20.5 Å². The minimum absolute atomic E-state index is 0.0211. The van der Waals surface area contributed by atoms with Crippen molar-refractivity contribution in [3.63, 3.8) is 0 Å². The molecule has 0 saturated heterocycles.